The van der Waals surface area contributed by atoms with Crippen LogP contribution in [0.15, 0.2) is 12.2 Å². The third-order valence-corrected chi connectivity index (χ3v) is 2.75. The normalized spacial score (nSPS) is 33.1. The third kappa shape index (κ3) is 2.09. The van der Waals surface area contributed by atoms with E-state index in [0.717, 1.165) is 0 Å². The van der Waals surface area contributed by atoms with Crippen molar-refractivity contribution in [3.05, 3.63) is 12.2 Å². The van der Waals surface area contributed by atoms with Gasteiger partial charge in [-0.1, -0.05) is 12.2 Å². The van der Waals surface area contributed by atoms with Crippen molar-refractivity contribution in [1.29, 1.82) is 0 Å². The zero-order valence-corrected chi connectivity index (χ0v) is 8.64. The van der Waals surface area contributed by atoms with Crippen LogP contribution in [-0.2, 0) is 19.1 Å². The fourth-order valence-corrected chi connectivity index (χ4v) is 2.03. The summed E-state index contributed by atoms with van der Waals surface area (Å²) in [7, 11) is 0. The molecule has 1 fully saturated rings. The Hall–Kier alpha value is -1.16. The Kier molecular flexibility index (Phi) is 2.86. The topological polar surface area (TPSA) is 52.6 Å². The molecule has 0 aromatic heterocycles. The van der Waals surface area contributed by atoms with Gasteiger partial charge in [0.05, 0.1) is 31.2 Å². The maximum Gasteiger partial charge on any atom is 0.306 e. The fraction of sp³-hybridized carbons (Fsp3) is 0.636. The second-order valence-electron chi connectivity index (χ2n) is 3.81. The van der Waals surface area contributed by atoms with E-state index in [-0.39, 0.29) is 36.3 Å². The van der Waals surface area contributed by atoms with E-state index >= 15 is 0 Å². The van der Waals surface area contributed by atoms with Crippen LogP contribution in [0, 0.1) is 5.92 Å². The molecule has 2 aliphatic heterocycles. The molecule has 0 N–H and O–H groups in total. The molecule has 0 radical (unpaired) electrons. The first-order valence-electron chi connectivity index (χ1n) is 5.23. The molecule has 1 saturated heterocycles. The summed E-state index contributed by atoms with van der Waals surface area (Å²) in [5.74, 6) is -0.563. The van der Waals surface area contributed by atoms with Crippen molar-refractivity contribution in [2.75, 3.05) is 6.61 Å². The summed E-state index contributed by atoms with van der Waals surface area (Å²) >= 11 is 0. The van der Waals surface area contributed by atoms with Crippen LogP contribution < -0.4 is 0 Å². The molecule has 0 saturated carbocycles. The lowest BCUT2D eigenvalue weighted by Gasteiger charge is -2.27. The van der Waals surface area contributed by atoms with Gasteiger partial charge < -0.3 is 9.47 Å². The molecule has 3 atom stereocenters. The van der Waals surface area contributed by atoms with Crippen LogP contribution in [0.5, 0.6) is 0 Å². The maximum absolute atomic E-state index is 11.7. The van der Waals surface area contributed by atoms with Crippen LogP contribution in [0.3, 0.4) is 0 Å². The molecule has 0 aromatic carbocycles. The van der Waals surface area contributed by atoms with Gasteiger partial charge in [0.15, 0.2) is 0 Å². The monoisotopic (exact) mass is 210 g/mol. The minimum atomic E-state index is -0.348. The van der Waals surface area contributed by atoms with Crippen LogP contribution in [-0.4, -0.2) is 30.6 Å². The predicted molar refractivity (Wildman–Crippen MR) is 52.2 cm³/mol. The Morgan fingerprint density at radius 3 is 3.13 bits per heavy atom. The second-order valence-corrected chi connectivity index (χ2v) is 3.81. The van der Waals surface area contributed by atoms with E-state index in [1.807, 2.05) is 12.2 Å². The zero-order chi connectivity index (χ0) is 10.8. The lowest BCUT2D eigenvalue weighted by atomic mass is 9.91. The van der Waals surface area contributed by atoms with Crippen molar-refractivity contribution < 1.29 is 19.1 Å². The summed E-state index contributed by atoms with van der Waals surface area (Å²) in [6.07, 6.45) is 4.00. The highest BCUT2D eigenvalue weighted by atomic mass is 16.5. The lowest BCUT2D eigenvalue weighted by molar-refractivity contribution is -0.151. The van der Waals surface area contributed by atoms with Gasteiger partial charge in [0.1, 0.15) is 5.78 Å². The molecule has 0 spiro atoms. The van der Waals surface area contributed by atoms with E-state index < -0.39 is 0 Å². The minimum Gasteiger partial charge on any atom is -0.466 e. The maximum atomic E-state index is 11.7. The summed E-state index contributed by atoms with van der Waals surface area (Å²) in [4.78, 5) is 22.9. The van der Waals surface area contributed by atoms with Crippen molar-refractivity contribution in [2.45, 2.75) is 32.0 Å². The molecule has 4 heteroatoms. The Morgan fingerprint density at radius 1 is 1.60 bits per heavy atom. The molecular formula is C11H14O4. The first kappa shape index (κ1) is 10.4. The molecule has 2 aliphatic rings. The molecule has 82 valence electrons. The first-order chi connectivity index (χ1) is 7.20. The largest absolute Gasteiger partial charge is 0.466 e. The van der Waals surface area contributed by atoms with E-state index in [1.54, 1.807) is 6.92 Å². The SMILES string of the molecule is CCOC(=O)C[C@@H]1C(=O)C[C@@H]2C=C[C@H]1O2. The number of fused-ring (bicyclic) bond motifs is 2. The third-order valence-electron chi connectivity index (χ3n) is 2.75. The number of esters is 1. The van der Waals surface area contributed by atoms with Gasteiger partial charge in [-0.3, -0.25) is 9.59 Å². The van der Waals surface area contributed by atoms with Crippen LogP contribution in [0.4, 0.5) is 0 Å². The second kappa shape index (κ2) is 4.14. The first-order valence-corrected chi connectivity index (χ1v) is 5.23. The molecule has 0 aliphatic carbocycles. The number of hydrogen-bond donors (Lipinski definition) is 0. The summed E-state index contributed by atoms with van der Waals surface area (Å²) < 4.78 is 10.3. The van der Waals surface area contributed by atoms with Crippen LogP contribution in [0.2, 0.25) is 0 Å². The van der Waals surface area contributed by atoms with Crippen molar-refractivity contribution >= 4 is 11.8 Å². The molecule has 0 aromatic rings. The number of ketones is 1. The van der Waals surface area contributed by atoms with Crippen molar-refractivity contribution in [3.8, 4) is 0 Å². The summed E-state index contributed by atoms with van der Waals surface area (Å²) in [6.45, 7) is 2.10. The number of carbonyl (C=O) groups excluding carboxylic acids is 2. The highest BCUT2D eigenvalue weighted by molar-refractivity contribution is 5.87. The summed E-state index contributed by atoms with van der Waals surface area (Å²) in [5, 5.41) is 0. The molecular weight excluding hydrogens is 196 g/mol. The Bertz CT molecular complexity index is 308. The highest BCUT2D eigenvalue weighted by Crippen LogP contribution is 2.31. The minimum absolute atomic E-state index is 0.0686. The molecule has 2 heterocycles. The van der Waals surface area contributed by atoms with Gasteiger partial charge in [0.2, 0.25) is 0 Å². The average molecular weight is 210 g/mol. The molecule has 4 nitrogen and oxygen atoms in total. The standard InChI is InChI=1S/C11H14O4/c1-2-14-11(13)6-8-9(12)5-7-3-4-10(8)15-7/h3-4,7-8,10H,2,5-6H2,1H3/t7-,8+,10+/m0/s1. The molecule has 2 rings (SSSR count). The van der Waals surface area contributed by atoms with Crippen LogP contribution in [0.25, 0.3) is 0 Å². The van der Waals surface area contributed by atoms with Crippen LogP contribution in [0.1, 0.15) is 19.8 Å². The predicted octanol–water partition coefficient (Wildman–Crippen LogP) is 0.852. The number of carbonyl (C=O) groups is 2. The van der Waals surface area contributed by atoms with Crippen molar-refractivity contribution in [3.63, 3.8) is 0 Å². The van der Waals surface area contributed by atoms with E-state index in [4.69, 9.17) is 9.47 Å². The fourth-order valence-electron chi connectivity index (χ4n) is 2.03. The van der Waals surface area contributed by atoms with Crippen LogP contribution >= 0.6 is 0 Å². The Labute approximate surface area is 88.2 Å². The molecule has 0 unspecified atom stereocenters. The number of ether oxygens (including phenoxy) is 2. The smallest absolute Gasteiger partial charge is 0.306 e. The number of Topliss-reactive ketones (excluding diaryl/α,β-unsaturated/α-hetero) is 1. The molecule has 15 heavy (non-hydrogen) atoms. The molecule has 0 amide bonds. The van der Waals surface area contributed by atoms with Gasteiger partial charge in [-0.25, -0.2) is 0 Å². The van der Waals surface area contributed by atoms with Gasteiger partial charge in [0, 0.05) is 6.42 Å². The van der Waals surface area contributed by atoms with Crippen molar-refractivity contribution in [2.24, 2.45) is 5.92 Å². The van der Waals surface area contributed by atoms with Gasteiger partial charge in [-0.15, -0.1) is 0 Å². The lowest BCUT2D eigenvalue weighted by Crippen LogP contribution is -2.37. The van der Waals surface area contributed by atoms with E-state index in [2.05, 4.69) is 0 Å². The number of hydrogen-bond acceptors (Lipinski definition) is 4. The van der Waals surface area contributed by atoms with Gasteiger partial charge in [-0.05, 0) is 6.92 Å². The quantitative estimate of drug-likeness (QED) is 0.512. The van der Waals surface area contributed by atoms with Gasteiger partial charge in [-0.2, -0.15) is 0 Å². The van der Waals surface area contributed by atoms with E-state index in [0.29, 0.717) is 13.0 Å². The highest BCUT2D eigenvalue weighted by Gasteiger charge is 2.39. The van der Waals surface area contributed by atoms with Gasteiger partial charge >= 0.3 is 5.97 Å². The molecule has 2 bridgehead atoms. The van der Waals surface area contributed by atoms with Crippen molar-refractivity contribution in [1.82, 2.24) is 0 Å². The average Bonchev–Trinajstić information content (AvgIpc) is 2.57. The summed E-state index contributed by atoms with van der Waals surface area (Å²) in [5.41, 5.74) is 0. The number of rotatable bonds is 3. The van der Waals surface area contributed by atoms with E-state index in [1.165, 1.54) is 0 Å². The summed E-state index contributed by atoms with van der Waals surface area (Å²) in [6, 6.07) is 0. The van der Waals surface area contributed by atoms with E-state index in [9.17, 15) is 9.59 Å². The zero-order valence-electron chi connectivity index (χ0n) is 8.64. The van der Waals surface area contributed by atoms with Gasteiger partial charge in [0.25, 0.3) is 0 Å². The Balaban J connectivity index is 1.98. The Morgan fingerprint density at radius 2 is 2.40 bits per heavy atom.